The molecular formula is C13H14FNO3. The van der Waals surface area contributed by atoms with Crippen LogP contribution in [0.5, 0.6) is 0 Å². The number of hydrogen-bond acceptors (Lipinski definition) is 3. The SMILES string of the molecule is C=CCCOC(=O)c1cc(NC(C)=O)ccc1F. The van der Waals surface area contributed by atoms with Gasteiger partial charge in [-0.05, 0) is 24.6 Å². The lowest BCUT2D eigenvalue weighted by molar-refractivity contribution is -0.114. The second-order valence-electron chi connectivity index (χ2n) is 3.59. The van der Waals surface area contributed by atoms with Gasteiger partial charge in [0.2, 0.25) is 5.91 Å². The fraction of sp³-hybridized carbons (Fsp3) is 0.231. The molecule has 5 heteroatoms. The van der Waals surface area contributed by atoms with Gasteiger partial charge in [-0.2, -0.15) is 0 Å². The van der Waals surface area contributed by atoms with Crippen molar-refractivity contribution in [3.63, 3.8) is 0 Å². The first-order valence-corrected chi connectivity index (χ1v) is 5.39. The Hall–Kier alpha value is -2.17. The highest BCUT2D eigenvalue weighted by Gasteiger charge is 2.14. The van der Waals surface area contributed by atoms with Crippen molar-refractivity contribution in [2.75, 3.05) is 11.9 Å². The molecule has 18 heavy (non-hydrogen) atoms. The Morgan fingerprint density at radius 2 is 2.22 bits per heavy atom. The number of benzene rings is 1. The minimum Gasteiger partial charge on any atom is -0.462 e. The molecule has 0 aliphatic carbocycles. The van der Waals surface area contributed by atoms with Crippen LogP contribution in [0, 0.1) is 5.82 Å². The molecule has 1 amide bonds. The first-order chi connectivity index (χ1) is 8.54. The number of amides is 1. The van der Waals surface area contributed by atoms with Crippen LogP contribution in [0.25, 0.3) is 0 Å². The number of anilines is 1. The van der Waals surface area contributed by atoms with E-state index in [0.717, 1.165) is 6.07 Å². The molecule has 0 radical (unpaired) electrons. The monoisotopic (exact) mass is 251 g/mol. The molecule has 0 saturated carbocycles. The van der Waals surface area contributed by atoms with Crippen molar-refractivity contribution >= 4 is 17.6 Å². The van der Waals surface area contributed by atoms with Gasteiger partial charge in [0.15, 0.2) is 0 Å². The largest absolute Gasteiger partial charge is 0.462 e. The molecule has 0 aliphatic rings. The second-order valence-corrected chi connectivity index (χ2v) is 3.59. The molecule has 1 N–H and O–H groups in total. The number of nitrogens with one attached hydrogen (secondary N) is 1. The van der Waals surface area contributed by atoms with Gasteiger partial charge in [-0.1, -0.05) is 6.08 Å². The van der Waals surface area contributed by atoms with Crippen LogP contribution in [0.3, 0.4) is 0 Å². The van der Waals surface area contributed by atoms with Crippen molar-refractivity contribution in [3.05, 3.63) is 42.2 Å². The smallest absolute Gasteiger partial charge is 0.341 e. The zero-order chi connectivity index (χ0) is 13.5. The van der Waals surface area contributed by atoms with E-state index in [0.29, 0.717) is 12.1 Å². The van der Waals surface area contributed by atoms with Crippen LogP contribution in [0.4, 0.5) is 10.1 Å². The summed E-state index contributed by atoms with van der Waals surface area (Å²) in [7, 11) is 0. The van der Waals surface area contributed by atoms with Crippen molar-refractivity contribution in [1.82, 2.24) is 0 Å². The molecule has 0 heterocycles. The van der Waals surface area contributed by atoms with E-state index in [4.69, 9.17) is 4.74 Å². The third-order valence-corrected chi connectivity index (χ3v) is 2.06. The number of halogens is 1. The van der Waals surface area contributed by atoms with Crippen molar-refractivity contribution in [2.24, 2.45) is 0 Å². The molecule has 0 spiro atoms. The number of esters is 1. The summed E-state index contributed by atoms with van der Waals surface area (Å²) in [6.07, 6.45) is 2.09. The fourth-order valence-electron chi connectivity index (χ4n) is 1.28. The van der Waals surface area contributed by atoms with Gasteiger partial charge < -0.3 is 10.1 Å². The van der Waals surface area contributed by atoms with Gasteiger partial charge in [0.1, 0.15) is 5.82 Å². The van der Waals surface area contributed by atoms with E-state index >= 15 is 0 Å². The summed E-state index contributed by atoms with van der Waals surface area (Å²) < 4.78 is 18.3. The zero-order valence-corrected chi connectivity index (χ0v) is 10.0. The maximum Gasteiger partial charge on any atom is 0.341 e. The number of carbonyl (C=O) groups excluding carboxylic acids is 2. The molecule has 1 aromatic carbocycles. The first-order valence-electron chi connectivity index (χ1n) is 5.39. The maximum absolute atomic E-state index is 13.4. The van der Waals surface area contributed by atoms with Gasteiger partial charge in [-0.25, -0.2) is 9.18 Å². The van der Waals surface area contributed by atoms with Gasteiger partial charge in [0.25, 0.3) is 0 Å². The Morgan fingerprint density at radius 3 is 2.83 bits per heavy atom. The average molecular weight is 251 g/mol. The summed E-state index contributed by atoms with van der Waals surface area (Å²) in [5.41, 5.74) is 0.143. The Balaban J connectivity index is 2.82. The van der Waals surface area contributed by atoms with E-state index in [-0.39, 0.29) is 18.1 Å². The van der Waals surface area contributed by atoms with Gasteiger partial charge in [-0.3, -0.25) is 4.79 Å². The van der Waals surface area contributed by atoms with E-state index in [1.807, 2.05) is 0 Å². The van der Waals surface area contributed by atoms with Crippen LogP contribution < -0.4 is 5.32 Å². The predicted octanol–water partition coefficient (Wildman–Crippen LogP) is 2.52. The lowest BCUT2D eigenvalue weighted by atomic mass is 10.2. The second kappa shape index (κ2) is 6.54. The summed E-state index contributed by atoms with van der Waals surface area (Å²) in [5, 5.41) is 2.46. The normalized spacial score (nSPS) is 9.67. The van der Waals surface area contributed by atoms with E-state index in [1.165, 1.54) is 19.1 Å². The summed E-state index contributed by atoms with van der Waals surface area (Å²) in [4.78, 5) is 22.4. The summed E-state index contributed by atoms with van der Waals surface area (Å²) in [6.45, 7) is 4.95. The molecule has 4 nitrogen and oxygen atoms in total. The minimum atomic E-state index is -0.762. The Bertz CT molecular complexity index is 471. The molecule has 0 fully saturated rings. The minimum absolute atomic E-state index is 0.145. The summed E-state index contributed by atoms with van der Waals surface area (Å²) in [6, 6.07) is 3.72. The molecule has 0 atom stereocenters. The van der Waals surface area contributed by atoms with E-state index < -0.39 is 11.8 Å². The highest BCUT2D eigenvalue weighted by Crippen LogP contribution is 2.16. The predicted molar refractivity (Wildman–Crippen MR) is 65.8 cm³/mol. The molecule has 1 aromatic rings. The molecule has 0 aliphatic heterocycles. The van der Waals surface area contributed by atoms with Crippen LogP contribution in [-0.2, 0) is 9.53 Å². The van der Waals surface area contributed by atoms with Crippen molar-refractivity contribution in [2.45, 2.75) is 13.3 Å². The highest BCUT2D eigenvalue weighted by molar-refractivity contribution is 5.93. The van der Waals surface area contributed by atoms with Crippen LogP contribution in [-0.4, -0.2) is 18.5 Å². The Morgan fingerprint density at radius 1 is 1.50 bits per heavy atom. The maximum atomic E-state index is 13.4. The first kappa shape index (κ1) is 13.9. The quantitative estimate of drug-likeness (QED) is 0.497. The van der Waals surface area contributed by atoms with Crippen molar-refractivity contribution < 1.29 is 18.7 Å². The molecule has 96 valence electrons. The summed E-state index contributed by atoms with van der Waals surface area (Å²) in [5.74, 6) is -1.75. The van der Waals surface area contributed by atoms with Crippen LogP contribution in [0.2, 0.25) is 0 Å². The number of hydrogen-bond donors (Lipinski definition) is 1. The number of ether oxygens (including phenoxy) is 1. The zero-order valence-electron chi connectivity index (χ0n) is 10.0. The van der Waals surface area contributed by atoms with Crippen molar-refractivity contribution in [3.8, 4) is 0 Å². The average Bonchev–Trinajstić information content (AvgIpc) is 2.31. The van der Waals surface area contributed by atoms with E-state index in [9.17, 15) is 14.0 Å². The third kappa shape index (κ3) is 4.01. The van der Waals surface area contributed by atoms with E-state index in [1.54, 1.807) is 6.08 Å². The molecule has 0 unspecified atom stereocenters. The number of rotatable bonds is 5. The Kier molecular flexibility index (Phi) is 5.05. The molecule has 0 saturated heterocycles. The topological polar surface area (TPSA) is 55.4 Å². The lowest BCUT2D eigenvalue weighted by Crippen LogP contribution is -2.11. The van der Waals surface area contributed by atoms with Crippen LogP contribution in [0.15, 0.2) is 30.9 Å². The molecule has 0 bridgehead atoms. The fourth-order valence-corrected chi connectivity index (χ4v) is 1.28. The van der Waals surface area contributed by atoms with Crippen LogP contribution in [0.1, 0.15) is 23.7 Å². The summed E-state index contributed by atoms with van der Waals surface area (Å²) >= 11 is 0. The lowest BCUT2D eigenvalue weighted by Gasteiger charge is -2.07. The Labute approximate surface area is 104 Å². The van der Waals surface area contributed by atoms with E-state index in [2.05, 4.69) is 11.9 Å². The number of carbonyl (C=O) groups is 2. The standard InChI is InChI=1S/C13H14FNO3/c1-3-4-7-18-13(17)11-8-10(15-9(2)16)5-6-12(11)14/h3,5-6,8H,1,4,7H2,2H3,(H,15,16). The molecular weight excluding hydrogens is 237 g/mol. The van der Waals surface area contributed by atoms with Gasteiger partial charge in [0.05, 0.1) is 12.2 Å². The van der Waals surface area contributed by atoms with Crippen molar-refractivity contribution in [1.29, 1.82) is 0 Å². The van der Waals surface area contributed by atoms with Gasteiger partial charge >= 0.3 is 5.97 Å². The third-order valence-electron chi connectivity index (χ3n) is 2.06. The van der Waals surface area contributed by atoms with Gasteiger partial charge in [-0.15, -0.1) is 6.58 Å². The molecule has 1 rings (SSSR count). The van der Waals surface area contributed by atoms with Crippen LogP contribution >= 0.6 is 0 Å². The van der Waals surface area contributed by atoms with Gasteiger partial charge in [0, 0.05) is 12.6 Å². The highest BCUT2D eigenvalue weighted by atomic mass is 19.1. The molecule has 0 aromatic heterocycles.